The summed E-state index contributed by atoms with van der Waals surface area (Å²) in [4.78, 5) is 31.7. The highest BCUT2D eigenvalue weighted by Crippen LogP contribution is 2.33. The summed E-state index contributed by atoms with van der Waals surface area (Å²) in [5.41, 5.74) is 0.948. The van der Waals surface area contributed by atoms with Crippen LogP contribution >= 0.6 is 0 Å². The number of rotatable bonds is 4. The number of carbonyl (C=O) groups is 2. The molecule has 2 atom stereocenters. The van der Waals surface area contributed by atoms with E-state index >= 15 is 0 Å². The van der Waals surface area contributed by atoms with E-state index in [-0.39, 0.29) is 36.6 Å². The minimum Gasteiger partial charge on any atom is -0.445 e. The summed E-state index contributed by atoms with van der Waals surface area (Å²) in [6.07, 6.45) is 0.778. The number of benzene rings is 1. The van der Waals surface area contributed by atoms with E-state index < -0.39 is 0 Å². The van der Waals surface area contributed by atoms with E-state index in [9.17, 15) is 9.59 Å². The number of hydroxylamine groups is 2. The molecular formula is C18H24N2O5. The van der Waals surface area contributed by atoms with Crippen LogP contribution in [0.4, 0.5) is 4.79 Å². The molecule has 0 radical (unpaired) electrons. The summed E-state index contributed by atoms with van der Waals surface area (Å²) >= 11 is 0. The lowest BCUT2D eigenvalue weighted by molar-refractivity contribution is -0.179. The van der Waals surface area contributed by atoms with Gasteiger partial charge in [-0.05, 0) is 18.4 Å². The molecule has 2 unspecified atom stereocenters. The second-order valence-corrected chi connectivity index (χ2v) is 6.48. The van der Waals surface area contributed by atoms with Crippen molar-refractivity contribution in [2.45, 2.75) is 31.5 Å². The van der Waals surface area contributed by atoms with Crippen molar-refractivity contribution < 1.29 is 23.9 Å². The van der Waals surface area contributed by atoms with E-state index in [1.165, 1.54) is 12.2 Å². The molecule has 1 aromatic rings. The first-order valence-corrected chi connectivity index (χ1v) is 8.48. The molecule has 7 nitrogen and oxygen atoms in total. The molecule has 2 bridgehead atoms. The summed E-state index contributed by atoms with van der Waals surface area (Å²) < 4.78 is 11.1. The highest BCUT2D eigenvalue weighted by atomic mass is 16.7. The molecule has 2 fully saturated rings. The highest BCUT2D eigenvalue weighted by Gasteiger charge is 2.45. The monoisotopic (exact) mass is 348 g/mol. The Morgan fingerprint density at radius 1 is 1.20 bits per heavy atom. The summed E-state index contributed by atoms with van der Waals surface area (Å²) in [6, 6.07) is 9.30. The molecule has 25 heavy (non-hydrogen) atoms. The molecule has 0 spiro atoms. The number of fused-ring (bicyclic) bond motifs is 2. The normalized spacial score (nSPS) is 25.4. The van der Waals surface area contributed by atoms with Crippen LogP contribution in [0.3, 0.4) is 0 Å². The fourth-order valence-corrected chi connectivity index (χ4v) is 3.56. The van der Waals surface area contributed by atoms with Gasteiger partial charge in [0.1, 0.15) is 6.61 Å². The van der Waals surface area contributed by atoms with Crippen LogP contribution in [-0.4, -0.2) is 61.4 Å². The average molecular weight is 348 g/mol. The zero-order valence-electron chi connectivity index (χ0n) is 14.6. The number of morpholine rings is 1. The van der Waals surface area contributed by atoms with Crippen molar-refractivity contribution in [2.24, 2.45) is 5.92 Å². The van der Waals surface area contributed by atoms with Crippen molar-refractivity contribution in [3.05, 3.63) is 35.9 Å². The number of hydrogen-bond donors (Lipinski definition) is 0. The Kier molecular flexibility index (Phi) is 5.55. The lowest BCUT2D eigenvalue weighted by Crippen LogP contribution is -2.60. The second-order valence-electron chi connectivity index (χ2n) is 6.48. The van der Waals surface area contributed by atoms with Crippen molar-refractivity contribution in [1.82, 2.24) is 9.96 Å². The van der Waals surface area contributed by atoms with Crippen LogP contribution in [0.15, 0.2) is 30.3 Å². The number of amides is 2. The molecule has 136 valence electrons. The van der Waals surface area contributed by atoms with Crippen LogP contribution in [0.1, 0.15) is 18.4 Å². The minimum absolute atomic E-state index is 0.0586. The molecule has 2 aliphatic heterocycles. The summed E-state index contributed by atoms with van der Waals surface area (Å²) in [6.45, 7) is 1.10. The van der Waals surface area contributed by atoms with Crippen molar-refractivity contribution in [3.8, 4) is 0 Å². The molecule has 0 aliphatic carbocycles. The lowest BCUT2D eigenvalue weighted by atomic mass is 9.84. The quantitative estimate of drug-likeness (QED) is 0.777. The van der Waals surface area contributed by atoms with Crippen LogP contribution in [0, 0.1) is 5.92 Å². The van der Waals surface area contributed by atoms with E-state index in [1.54, 1.807) is 11.9 Å². The molecule has 2 saturated heterocycles. The van der Waals surface area contributed by atoms with Crippen LogP contribution < -0.4 is 0 Å². The standard InChI is InChI=1S/C18H24N2O5/c1-19(23-2)17(21)14-8-15-11-24-12-16(9-14)20(15)18(22)25-10-13-6-4-3-5-7-13/h3-7,14-16H,8-12H2,1-2H3. The van der Waals surface area contributed by atoms with Gasteiger partial charge in [-0.2, -0.15) is 0 Å². The van der Waals surface area contributed by atoms with Crippen LogP contribution in [0.5, 0.6) is 0 Å². The van der Waals surface area contributed by atoms with E-state index in [0.717, 1.165) is 5.56 Å². The first-order valence-electron chi connectivity index (χ1n) is 8.48. The summed E-state index contributed by atoms with van der Waals surface area (Å²) in [5.74, 6) is -0.223. The van der Waals surface area contributed by atoms with Gasteiger partial charge in [-0.3, -0.25) is 14.5 Å². The Balaban J connectivity index is 1.63. The van der Waals surface area contributed by atoms with E-state index in [2.05, 4.69) is 0 Å². The third-order valence-electron chi connectivity index (χ3n) is 4.87. The second kappa shape index (κ2) is 7.84. The summed E-state index contributed by atoms with van der Waals surface area (Å²) in [7, 11) is 3.08. The Morgan fingerprint density at radius 3 is 2.44 bits per heavy atom. The maximum atomic E-state index is 12.6. The highest BCUT2D eigenvalue weighted by molar-refractivity contribution is 5.78. The fraction of sp³-hybridized carbons (Fsp3) is 0.556. The zero-order chi connectivity index (χ0) is 17.8. The van der Waals surface area contributed by atoms with Gasteiger partial charge in [0.15, 0.2) is 0 Å². The van der Waals surface area contributed by atoms with E-state index in [1.807, 2.05) is 30.3 Å². The van der Waals surface area contributed by atoms with Crippen molar-refractivity contribution >= 4 is 12.0 Å². The predicted molar refractivity (Wildman–Crippen MR) is 89.4 cm³/mol. The molecular weight excluding hydrogens is 324 g/mol. The van der Waals surface area contributed by atoms with Gasteiger partial charge in [0.2, 0.25) is 5.91 Å². The molecule has 2 heterocycles. The maximum absolute atomic E-state index is 12.6. The average Bonchev–Trinajstić information content (AvgIpc) is 2.64. The molecule has 2 aliphatic rings. The number of carbonyl (C=O) groups excluding carboxylic acids is 2. The van der Waals surface area contributed by atoms with Gasteiger partial charge in [0, 0.05) is 13.0 Å². The Hall–Kier alpha value is -2.12. The summed E-state index contributed by atoms with van der Waals surface area (Å²) in [5, 5.41) is 1.25. The van der Waals surface area contributed by atoms with E-state index in [0.29, 0.717) is 26.1 Å². The van der Waals surface area contributed by atoms with Gasteiger partial charge in [0.25, 0.3) is 0 Å². The van der Waals surface area contributed by atoms with Gasteiger partial charge < -0.3 is 9.47 Å². The fourth-order valence-electron chi connectivity index (χ4n) is 3.56. The Bertz CT molecular complexity index is 595. The number of ether oxygens (including phenoxy) is 2. The Morgan fingerprint density at radius 2 is 1.84 bits per heavy atom. The Labute approximate surface area is 147 Å². The molecule has 0 N–H and O–H groups in total. The van der Waals surface area contributed by atoms with Crippen LogP contribution in [-0.2, 0) is 25.7 Å². The number of piperidine rings is 1. The molecule has 3 rings (SSSR count). The molecule has 1 aromatic carbocycles. The van der Waals surface area contributed by atoms with Gasteiger partial charge in [0.05, 0.1) is 32.4 Å². The van der Waals surface area contributed by atoms with Gasteiger partial charge in [-0.25, -0.2) is 9.86 Å². The van der Waals surface area contributed by atoms with E-state index in [4.69, 9.17) is 14.3 Å². The third kappa shape index (κ3) is 3.93. The van der Waals surface area contributed by atoms with Crippen molar-refractivity contribution in [3.63, 3.8) is 0 Å². The topological polar surface area (TPSA) is 68.3 Å². The lowest BCUT2D eigenvalue weighted by Gasteiger charge is -2.47. The molecule has 0 saturated carbocycles. The van der Waals surface area contributed by atoms with Gasteiger partial charge >= 0.3 is 6.09 Å². The van der Waals surface area contributed by atoms with Gasteiger partial charge in [-0.15, -0.1) is 0 Å². The first-order chi connectivity index (χ1) is 12.1. The predicted octanol–water partition coefficient (Wildman–Crippen LogP) is 1.82. The van der Waals surface area contributed by atoms with Crippen molar-refractivity contribution in [1.29, 1.82) is 0 Å². The molecule has 0 aromatic heterocycles. The van der Waals surface area contributed by atoms with Crippen molar-refractivity contribution in [2.75, 3.05) is 27.4 Å². The SMILES string of the molecule is CON(C)C(=O)C1CC2COCC(C1)N2C(=O)OCc1ccccc1. The smallest absolute Gasteiger partial charge is 0.410 e. The zero-order valence-corrected chi connectivity index (χ0v) is 14.6. The number of hydrogen-bond acceptors (Lipinski definition) is 5. The number of nitrogens with zero attached hydrogens (tertiary/aromatic N) is 2. The molecule has 2 amide bonds. The minimum atomic E-state index is -0.340. The largest absolute Gasteiger partial charge is 0.445 e. The van der Waals surface area contributed by atoms with Gasteiger partial charge in [-0.1, -0.05) is 30.3 Å². The first kappa shape index (κ1) is 17.7. The van der Waals surface area contributed by atoms with Crippen LogP contribution in [0.2, 0.25) is 0 Å². The molecule has 7 heteroatoms. The maximum Gasteiger partial charge on any atom is 0.410 e. The third-order valence-corrected chi connectivity index (χ3v) is 4.87. The van der Waals surface area contributed by atoms with Crippen LogP contribution in [0.25, 0.3) is 0 Å².